The quantitative estimate of drug-likeness (QED) is 0.889. The lowest BCUT2D eigenvalue weighted by molar-refractivity contribution is -0.122. The summed E-state index contributed by atoms with van der Waals surface area (Å²) in [6.07, 6.45) is 2.96. The van der Waals surface area contributed by atoms with Crippen LogP contribution in [-0.2, 0) is 11.3 Å². The van der Waals surface area contributed by atoms with Gasteiger partial charge in [0.2, 0.25) is 5.91 Å². The molecule has 0 aliphatic carbocycles. The lowest BCUT2D eigenvalue weighted by Gasteiger charge is -2.27. The first-order valence-electron chi connectivity index (χ1n) is 8.59. The van der Waals surface area contributed by atoms with Crippen LogP contribution in [0.25, 0.3) is 11.0 Å². The molecule has 0 radical (unpaired) electrons. The van der Waals surface area contributed by atoms with Crippen LogP contribution in [0.15, 0.2) is 28.7 Å². The molecule has 23 heavy (non-hydrogen) atoms. The molecule has 1 amide bonds. The van der Waals surface area contributed by atoms with Crippen molar-refractivity contribution in [3.63, 3.8) is 0 Å². The average Bonchev–Trinajstić information content (AvgIpc) is 2.90. The molecule has 2 aromatic rings. The van der Waals surface area contributed by atoms with Gasteiger partial charge in [0.25, 0.3) is 0 Å². The van der Waals surface area contributed by atoms with Gasteiger partial charge in [-0.25, -0.2) is 0 Å². The van der Waals surface area contributed by atoms with Crippen molar-refractivity contribution >= 4 is 16.9 Å². The molecule has 0 saturated carbocycles. The zero-order chi connectivity index (χ0) is 16.2. The number of hydrogen-bond donors (Lipinski definition) is 2. The first-order valence-corrected chi connectivity index (χ1v) is 8.59. The Labute approximate surface area is 137 Å². The fourth-order valence-corrected chi connectivity index (χ4v) is 3.52. The topological polar surface area (TPSA) is 54.3 Å². The Balaban J connectivity index is 1.54. The standard InChI is InChI=1S/C19H26N2O2/c1-13(15-7-9-20-10-8-15)11-19(22)21-12-18-14(2)16-5-3-4-6-17(16)23-18/h3-6,13,15,20H,7-12H2,1-2H3,(H,21,22). The Kier molecular flexibility index (Phi) is 5.01. The molecule has 1 saturated heterocycles. The molecule has 0 spiro atoms. The van der Waals surface area contributed by atoms with Gasteiger partial charge in [0.15, 0.2) is 0 Å². The van der Waals surface area contributed by atoms with E-state index in [4.69, 9.17) is 4.42 Å². The second kappa shape index (κ2) is 7.18. The average molecular weight is 314 g/mol. The number of carbonyl (C=O) groups excluding carboxylic acids is 1. The molecular formula is C19H26N2O2. The number of amides is 1. The summed E-state index contributed by atoms with van der Waals surface area (Å²) in [7, 11) is 0. The SMILES string of the molecule is Cc1c(CNC(=O)CC(C)C2CCNCC2)oc2ccccc12. The van der Waals surface area contributed by atoms with Crippen molar-refractivity contribution < 1.29 is 9.21 Å². The van der Waals surface area contributed by atoms with Crippen molar-refractivity contribution in [2.75, 3.05) is 13.1 Å². The molecular weight excluding hydrogens is 288 g/mol. The maximum atomic E-state index is 12.2. The van der Waals surface area contributed by atoms with Crippen LogP contribution >= 0.6 is 0 Å². The van der Waals surface area contributed by atoms with Crippen molar-refractivity contribution in [3.8, 4) is 0 Å². The van der Waals surface area contributed by atoms with Gasteiger partial charge in [-0.3, -0.25) is 4.79 Å². The molecule has 2 heterocycles. The summed E-state index contributed by atoms with van der Waals surface area (Å²) in [6.45, 7) is 6.87. The second-order valence-electron chi connectivity index (χ2n) is 6.69. The Bertz CT molecular complexity index is 671. The molecule has 1 unspecified atom stereocenters. The summed E-state index contributed by atoms with van der Waals surface area (Å²) >= 11 is 0. The van der Waals surface area contributed by atoms with Crippen LogP contribution in [0.3, 0.4) is 0 Å². The third-order valence-electron chi connectivity index (χ3n) is 5.08. The number of rotatable bonds is 5. The number of furan rings is 1. The molecule has 0 bridgehead atoms. The molecule has 1 aliphatic rings. The first kappa shape index (κ1) is 16.1. The molecule has 4 heteroatoms. The smallest absolute Gasteiger partial charge is 0.220 e. The number of aryl methyl sites for hydroxylation is 1. The number of fused-ring (bicyclic) bond motifs is 1. The second-order valence-corrected chi connectivity index (χ2v) is 6.69. The highest BCUT2D eigenvalue weighted by Gasteiger charge is 2.22. The summed E-state index contributed by atoms with van der Waals surface area (Å²) in [6, 6.07) is 7.99. The van der Waals surface area contributed by atoms with Gasteiger partial charge in [-0.1, -0.05) is 25.1 Å². The highest BCUT2D eigenvalue weighted by molar-refractivity contribution is 5.82. The number of para-hydroxylation sites is 1. The van der Waals surface area contributed by atoms with Crippen molar-refractivity contribution in [3.05, 3.63) is 35.6 Å². The number of nitrogens with one attached hydrogen (secondary N) is 2. The maximum absolute atomic E-state index is 12.2. The molecule has 1 aliphatic heterocycles. The van der Waals surface area contributed by atoms with Crippen LogP contribution in [0.4, 0.5) is 0 Å². The van der Waals surface area contributed by atoms with E-state index in [1.165, 1.54) is 12.8 Å². The first-order chi connectivity index (χ1) is 11.1. The number of piperidine rings is 1. The third kappa shape index (κ3) is 3.75. The van der Waals surface area contributed by atoms with Gasteiger partial charge in [0, 0.05) is 17.4 Å². The highest BCUT2D eigenvalue weighted by atomic mass is 16.3. The molecule has 1 fully saturated rings. The van der Waals surface area contributed by atoms with Crippen molar-refractivity contribution in [2.24, 2.45) is 11.8 Å². The minimum atomic E-state index is 0.121. The molecule has 4 nitrogen and oxygen atoms in total. The monoisotopic (exact) mass is 314 g/mol. The fourth-order valence-electron chi connectivity index (χ4n) is 3.52. The normalized spacial score (nSPS) is 17.3. The molecule has 1 aromatic heterocycles. The maximum Gasteiger partial charge on any atom is 0.220 e. The van der Waals surface area contributed by atoms with E-state index < -0.39 is 0 Å². The van der Waals surface area contributed by atoms with Crippen LogP contribution < -0.4 is 10.6 Å². The molecule has 1 atom stereocenters. The van der Waals surface area contributed by atoms with E-state index in [0.29, 0.717) is 24.8 Å². The molecule has 124 valence electrons. The summed E-state index contributed by atoms with van der Waals surface area (Å²) in [5.41, 5.74) is 2.00. The fraction of sp³-hybridized carbons (Fsp3) is 0.526. The lowest BCUT2D eigenvalue weighted by atomic mass is 9.84. The van der Waals surface area contributed by atoms with Gasteiger partial charge in [-0.05, 0) is 50.8 Å². The third-order valence-corrected chi connectivity index (χ3v) is 5.08. The van der Waals surface area contributed by atoms with E-state index in [2.05, 4.69) is 23.6 Å². The Morgan fingerprint density at radius 1 is 1.35 bits per heavy atom. The van der Waals surface area contributed by atoms with Crippen LogP contribution in [0.2, 0.25) is 0 Å². The van der Waals surface area contributed by atoms with Crippen molar-refractivity contribution in [1.29, 1.82) is 0 Å². The number of carbonyl (C=O) groups is 1. The van der Waals surface area contributed by atoms with E-state index in [0.717, 1.165) is 35.4 Å². The van der Waals surface area contributed by atoms with Crippen LogP contribution in [0, 0.1) is 18.8 Å². The van der Waals surface area contributed by atoms with Gasteiger partial charge in [-0.15, -0.1) is 0 Å². The summed E-state index contributed by atoms with van der Waals surface area (Å²) in [4.78, 5) is 12.2. The minimum absolute atomic E-state index is 0.121. The van der Waals surface area contributed by atoms with Gasteiger partial charge in [-0.2, -0.15) is 0 Å². The molecule has 2 N–H and O–H groups in total. The largest absolute Gasteiger partial charge is 0.459 e. The van der Waals surface area contributed by atoms with E-state index in [1.807, 2.05) is 25.1 Å². The van der Waals surface area contributed by atoms with Gasteiger partial charge >= 0.3 is 0 Å². The molecule has 1 aromatic carbocycles. The van der Waals surface area contributed by atoms with Crippen molar-refractivity contribution in [2.45, 2.75) is 39.7 Å². The van der Waals surface area contributed by atoms with Crippen molar-refractivity contribution in [1.82, 2.24) is 10.6 Å². The highest BCUT2D eigenvalue weighted by Crippen LogP contribution is 2.26. The van der Waals surface area contributed by atoms with E-state index >= 15 is 0 Å². The summed E-state index contributed by atoms with van der Waals surface area (Å²) in [5, 5.41) is 7.52. The Morgan fingerprint density at radius 3 is 2.83 bits per heavy atom. The van der Waals surface area contributed by atoms with Gasteiger partial charge in [0.05, 0.1) is 6.54 Å². The minimum Gasteiger partial charge on any atom is -0.459 e. The Hall–Kier alpha value is -1.81. The molecule has 3 rings (SSSR count). The van der Waals surface area contributed by atoms with E-state index in [-0.39, 0.29) is 5.91 Å². The number of benzene rings is 1. The van der Waals surface area contributed by atoms with Gasteiger partial charge < -0.3 is 15.1 Å². The zero-order valence-electron chi connectivity index (χ0n) is 14.0. The van der Waals surface area contributed by atoms with E-state index in [1.54, 1.807) is 0 Å². The summed E-state index contributed by atoms with van der Waals surface area (Å²) < 4.78 is 5.85. The number of hydrogen-bond acceptors (Lipinski definition) is 3. The van der Waals surface area contributed by atoms with Crippen LogP contribution in [0.5, 0.6) is 0 Å². The summed E-state index contributed by atoms with van der Waals surface area (Å²) in [5.74, 6) is 2.08. The predicted molar refractivity (Wildman–Crippen MR) is 92.2 cm³/mol. The van der Waals surface area contributed by atoms with E-state index in [9.17, 15) is 4.79 Å². The lowest BCUT2D eigenvalue weighted by Crippen LogP contribution is -2.33. The van der Waals surface area contributed by atoms with Crippen LogP contribution in [0.1, 0.15) is 37.5 Å². The van der Waals surface area contributed by atoms with Gasteiger partial charge in [0.1, 0.15) is 11.3 Å². The van der Waals surface area contributed by atoms with Crippen LogP contribution in [-0.4, -0.2) is 19.0 Å². The predicted octanol–water partition coefficient (Wildman–Crippen LogP) is 3.38. The Morgan fingerprint density at radius 2 is 2.09 bits per heavy atom. The zero-order valence-corrected chi connectivity index (χ0v) is 14.0.